The van der Waals surface area contributed by atoms with E-state index in [0.717, 1.165) is 10.7 Å². The average Bonchev–Trinajstić information content (AvgIpc) is 2.79. The van der Waals surface area contributed by atoms with Crippen molar-refractivity contribution in [1.29, 1.82) is 0 Å². The Balaban J connectivity index is 2.24. The summed E-state index contributed by atoms with van der Waals surface area (Å²) in [7, 11) is 0. The van der Waals surface area contributed by atoms with Crippen molar-refractivity contribution in [3.63, 3.8) is 0 Å². The lowest BCUT2D eigenvalue weighted by molar-refractivity contribution is -0.121. The van der Waals surface area contributed by atoms with Crippen molar-refractivity contribution >= 4 is 51.6 Å². The predicted octanol–water partition coefficient (Wildman–Crippen LogP) is 2.84. The first kappa shape index (κ1) is 12.5. The molecule has 88 valence electrons. The number of amides is 1. The fourth-order valence-corrected chi connectivity index (χ4v) is 3.20. The van der Waals surface area contributed by atoms with Crippen LogP contribution < -0.4 is 0 Å². The minimum atomic E-state index is -0.0643. The smallest absolute Gasteiger partial charge is 0.266 e. The summed E-state index contributed by atoms with van der Waals surface area (Å²) in [5.41, 5.74) is 0.812. The minimum Gasteiger partial charge on any atom is -0.289 e. The number of hydrogen-bond donors (Lipinski definition) is 0. The second-order valence-corrected chi connectivity index (χ2v) is 6.11. The largest absolute Gasteiger partial charge is 0.289 e. The number of rotatable bonds is 3. The fraction of sp³-hybridized carbons (Fsp3) is 0.182. The van der Waals surface area contributed by atoms with Crippen molar-refractivity contribution in [2.24, 2.45) is 0 Å². The third kappa shape index (κ3) is 2.65. The van der Waals surface area contributed by atoms with E-state index in [-0.39, 0.29) is 5.91 Å². The van der Waals surface area contributed by atoms with Gasteiger partial charge in [-0.1, -0.05) is 30.1 Å². The quantitative estimate of drug-likeness (QED) is 0.485. The van der Waals surface area contributed by atoms with E-state index < -0.39 is 0 Å². The Bertz CT molecular complexity index is 519. The molecule has 1 aliphatic heterocycles. The maximum absolute atomic E-state index is 12.0. The lowest BCUT2D eigenvalue weighted by atomic mass is 10.3. The molecule has 0 N–H and O–H groups in total. The molecule has 6 heteroatoms. The molecule has 1 fully saturated rings. The van der Waals surface area contributed by atoms with Gasteiger partial charge in [-0.15, -0.1) is 17.9 Å². The molecule has 1 aliphatic rings. The summed E-state index contributed by atoms with van der Waals surface area (Å²) in [5, 5.41) is 2.91. The van der Waals surface area contributed by atoms with Crippen LogP contribution in [0, 0.1) is 6.92 Å². The molecule has 2 rings (SSSR count). The molecule has 1 amide bonds. The van der Waals surface area contributed by atoms with Crippen molar-refractivity contribution in [2.75, 3.05) is 6.54 Å². The monoisotopic (exact) mass is 282 g/mol. The van der Waals surface area contributed by atoms with Crippen molar-refractivity contribution in [1.82, 2.24) is 9.88 Å². The highest BCUT2D eigenvalue weighted by Gasteiger charge is 2.31. The number of thioether (sulfide) groups is 1. The van der Waals surface area contributed by atoms with Crippen molar-refractivity contribution in [3.8, 4) is 0 Å². The third-order valence-electron chi connectivity index (χ3n) is 2.10. The van der Waals surface area contributed by atoms with Gasteiger partial charge in [0.05, 0.1) is 15.6 Å². The SMILES string of the molecule is C=CCN1C(=O)/C(=C/c2csc(C)n2)SC1=S. The van der Waals surface area contributed by atoms with Gasteiger partial charge in [0.1, 0.15) is 4.32 Å². The van der Waals surface area contributed by atoms with Gasteiger partial charge in [0.25, 0.3) is 5.91 Å². The number of nitrogens with zero attached hydrogens (tertiary/aromatic N) is 2. The van der Waals surface area contributed by atoms with Crippen molar-refractivity contribution < 1.29 is 4.79 Å². The number of hydrogen-bond acceptors (Lipinski definition) is 5. The van der Waals surface area contributed by atoms with Crippen LogP contribution in [-0.4, -0.2) is 26.7 Å². The molecule has 0 atom stereocenters. The van der Waals surface area contributed by atoms with E-state index in [4.69, 9.17) is 12.2 Å². The molecule has 1 aromatic rings. The normalized spacial score (nSPS) is 18.2. The third-order valence-corrected chi connectivity index (χ3v) is 4.27. The Morgan fingerprint density at radius 3 is 3.00 bits per heavy atom. The van der Waals surface area contributed by atoms with Crippen LogP contribution in [0.25, 0.3) is 6.08 Å². The summed E-state index contributed by atoms with van der Waals surface area (Å²) in [4.78, 5) is 18.5. The Morgan fingerprint density at radius 1 is 1.65 bits per heavy atom. The van der Waals surface area contributed by atoms with Gasteiger partial charge in [0.2, 0.25) is 0 Å². The van der Waals surface area contributed by atoms with Gasteiger partial charge in [-0.05, 0) is 13.0 Å². The summed E-state index contributed by atoms with van der Waals surface area (Å²) in [6.45, 7) is 6.00. The molecular formula is C11H10N2OS3. The highest BCUT2D eigenvalue weighted by atomic mass is 32.2. The zero-order chi connectivity index (χ0) is 12.4. The first-order valence-corrected chi connectivity index (χ1v) is 7.00. The maximum atomic E-state index is 12.0. The molecular weight excluding hydrogens is 272 g/mol. The molecule has 0 unspecified atom stereocenters. The van der Waals surface area contributed by atoms with Gasteiger partial charge in [-0.25, -0.2) is 4.98 Å². The van der Waals surface area contributed by atoms with E-state index in [1.165, 1.54) is 16.7 Å². The molecule has 0 aromatic carbocycles. The predicted molar refractivity (Wildman–Crippen MR) is 76.9 cm³/mol. The molecule has 2 heterocycles. The first-order valence-electron chi connectivity index (χ1n) is 4.90. The van der Waals surface area contributed by atoms with Crippen LogP contribution in [0.1, 0.15) is 10.7 Å². The molecule has 1 saturated heterocycles. The molecule has 0 saturated carbocycles. The lowest BCUT2D eigenvalue weighted by Gasteiger charge is -2.10. The number of aromatic nitrogens is 1. The Kier molecular flexibility index (Phi) is 3.76. The van der Waals surface area contributed by atoms with Crippen LogP contribution in [0.15, 0.2) is 22.9 Å². The Labute approximate surface area is 113 Å². The molecule has 0 bridgehead atoms. The van der Waals surface area contributed by atoms with Crippen LogP contribution in [-0.2, 0) is 4.79 Å². The van der Waals surface area contributed by atoms with Crippen LogP contribution in [0.5, 0.6) is 0 Å². The van der Waals surface area contributed by atoms with Gasteiger partial charge >= 0.3 is 0 Å². The second kappa shape index (κ2) is 5.12. The van der Waals surface area contributed by atoms with Gasteiger partial charge in [0.15, 0.2) is 0 Å². The van der Waals surface area contributed by atoms with Gasteiger partial charge in [-0.3, -0.25) is 9.69 Å². The number of carbonyl (C=O) groups excluding carboxylic acids is 1. The van der Waals surface area contributed by atoms with Gasteiger partial charge in [0, 0.05) is 11.9 Å². The van der Waals surface area contributed by atoms with E-state index >= 15 is 0 Å². The fourth-order valence-electron chi connectivity index (χ4n) is 1.37. The summed E-state index contributed by atoms with van der Waals surface area (Å²) < 4.78 is 0.577. The highest BCUT2D eigenvalue weighted by Crippen LogP contribution is 2.32. The molecule has 17 heavy (non-hydrogen) atoms. The first-order chi connectivity index (χ1) is 8.11. The summed E-state index contributed by atoms with van der Waals surface area (Å²) in [6.07, 6.45) is 3.45. The molecule has 0 radical (unpaired) electrons. The van der Waals surface area contributed by atoms with Crippen LogP contribution >= 0.6 is 35.3 Å². The topological polar surface area (TPSA) is 33.2 Å². The number of thiocarbonyl (C=S) groups is 1. The standard InChI is InChI=1S/C11H10N2OS3/c1-3-4-13-10(14)9(17-11(13)15)5-8-6-16-7(2)12-8/h3,5-6H,1,4H2,2H3/b9-5-. The Morgan fingerprint density at radius 2 is 2.41 bits per heavy atom. The molecule has 0 spiro atoms. The van der Waals surface area contributed by atoms with Crippen LogP contribution in [0.4, 0.5) is 0 Å². The zero-order valence-corrected chi connectivity index (χ0v) is 11.6. The van der Waals surface area contributed by atoms with Gasteiger partial charge < -0.3 is 0 Å². The summed E-state index contributed by atoms with van der Waals surface area (Å²) >= 11 is 8.02. The van der Waals surface area contributed by atoms with E-state index in [1.54, 1.807) is 23.5 Å². The second-order valence-electron chi connectivity index (χ2n) is 3.37. The zero-order valence-electron chi connectivity index (χ0n) is 9.17. The van der Waals surface area contributed by atoms with E-state index in [9.17, 15) is 4.79 Å². The van der Waals surface area contributed by atoms with Crippen LogP contribution in [0.2, 0.25) is 0 Å². The van der Waals surface area contributed by atoms with Crippen molar-refractivity contribution in [2.45, 2.75) is 6.92 Å². The van der Waals surface area contributed by atoms with E-state index in [0.29, 0.717) is 15.8 Å². The van der Waals surface area contributed by atoms with E-state index in [1.807, 2.05) is 12.3 Å². The Hall–Kier alpha value is -0.980. The van der Waals surface area contributed by atoms with Crippen molar-refractivity contribution in [3.05, 3.63) is 33.6 Å². The van der Waals surface area contributed by atoms with E-state index in [2.05, 4.69) is 11.6 Å². The minimum absolute atomic E-state index is 0.0643. The number of aryl methyl sites for hydroxylation is 1. The maximum Gasteiger partial charge on any atom is 0.266 e. The number of thiazole rings is 1. The lowest BCUT2D eigenvalue weighted by Crippen LogP contribution is -2.27. The molecule has 0 aliphatic carbocycles. The van der Waals surface area contributed by atoms with Crippen LogP contribution in [0.3, 0.4) is 0 Å². The van der Waals surface area contributed by atoms with Gasteiger partial charge in [-0.2, -0.15) is 0 Å². The number of carbonyl (C=O) groups is 1. The molecule has 3 nitrogen and oxygen atoms in total. The summed E-state index contributed by atoms with van der Waals surface area (Å²) in [5.74, 6) is -0.0643. The summed E-state index contributed by atoms with van der Waals surface area (Å²) in [6, 6.07) is 0. The molecule has 1 aromatic heterocycles. The average molecular weight is 282 g/mol. The highest BCUT2D eigenvalue weighted by molar-refractivity contribution is 8.26.